The van der Waals surface area contributed by atoms with Crippen LogP contribution >= 0.6 is 0 Å². The molecule has 2 amide bonds. The molecule has 1 N–H and O–H groups in total. The second kappa shape index (κ2) is 7.54. The Balaban J connectivity index is 1.78. The Labute approximate surface area is 170 Å². The fourth-order valence-corrected chi connectivity index (χ4v) is 3.99. The van der Waals surface area contributed by atoms with Gasteiger partial charge in [0.25, 0.3) is 5.91 Å². The molecule has 1 aliphatic rings. The van der Waals surface area contributed by atoms with Gasteiger partial charge in [-0.15, -0.1) is 0 Å². The minimum atomic E-state index is -0.700. The van der Waals surface area contributed by atoms with Gasteiger partial charge in [-0.3, -0.25) is 9.59 Å². The number of benzene rings is 2. The number of nitrogens with zero attached hydrogens (tertiary/aromatic N) is 3. The molecule has 1 atom stereocenters. The maximum Gasteiger partial charge on any atom is 0.254 e. The summed E-state index contributed by atoms with van der Waals surface area (Å²) in [6, 6.07) is 16.6. The van der Waals surface area contributed by atoms with Crippen LogP contribution in [0.1, 0.15) is 38.9 Å². The number of amides is 2. The first-order valence-electron chi connectivity index (χ1n) is 9.74. The van der Waals surface area contributed by atoms with Crippen molar-refractivity contribution in [3.63, 3.8) is 0 Å². The largest absolute Gasteiger partial charge is 0.352 e. The van der Waals surface area contributed by atoms with E-state index in [2.05, 4.69) is 10.4 Å². The van der Waals surface area contributed by atoms with Crippen LogP contribution in [0.4, 0.5) is 0 Å². The van der Waals surface area contributed by atoms with Crippen LogP contribution in [0.3, 0.4) is 0 Å². The van der Waals surface area contributed by atoms with E-state index in [1.165, 1.54) is 0 Å². The van der Waals surface area contributed by atoms with Crippen molar-refractivity contribution in [2.24, 2.45) is 0 Å². The zero-order valence-electron chi connectivity index (χ0n) is 16.8. The lowest BCUT2D eigenvalue weighted by atomic mass is 9.99. The third-order valence-electron chi connectivity index (χ3n) is 5.36. The molecule has 1 saturated heterocycles. The van der Waals surface area contributed by atoms with Crippen molar-refractivity contribution in [1.82, 2.24) is 20.0 Å². The Hall–Kier alpha value is -3.41. The number of carbonyl (C=O) groups is 2. The Kier molecular flexibility index (Phi) is 4.92. The Bertz CT molecular complexity index is 1070. The van der Waals surface area contributed by atoms with Crippen LogP contribution in [0, 0.1) is 20.8 Å². The van der Waals surface area contributed by atoms with E-state index >= 15 is 0 Å². The Morgan fingerprint density at radius 3 is 2.55 bits per heavy atom. The monoisotopic (exact) mass is 388 g/mol. The normalized spacial score (nSPS) is 16.6. The summed E-state index contributed by atoms with van der Waals surface area (Å²) in [5.41, 5.74) is 4.92. The van der Waals surface area contributed by atoms with E-state index < -0.39 is 6.04 Å². The van der Waals surface area contributed by atoms with Crippen molar-refractivity contribution in [3.05, 3.63) is 82.7 Å². The molecule has 0 spiro atoms. The van der Waals surface area contributed by atoms with Gasteiger partial charge in [0.15, 0.2) is 0 Å². The Morgan fingerprint density at radius 1 is 1.07 bits per heavy atom. The summed E-state index contributed by atoms with van der Waals surface area (Å²) < 4.78 is 1.84. The first-order valence-corrected chi connectivity index (χ1v) is 9.74. The lowest BCUT2D eigenvalue weighted by Crippen LogP contribution is -2.52. The highest BCUT2D eigenvalue weighted by Crippen LogP contribution is 2.31. The third kappa shape index (κ3) is 3.42. The number of rotatable bonds is 3. The van der Waals surface area contributed by atoms with E-state index in [0.717, 1.165) is 28.2 Å². The highest BCUT2D eigenvalue weighted by molar-refractivity contribution is 5.98. The van der Waals surface area contributed by atoms with Gasteiger partial charge in [-0.25, -0.2) is 4.68 Å². The van der Waals surface area contributed by atoms with E-state index in [-0.39, 0.29) is 11.8 Å². The van der Waals surface area contributed by atoms with Crippen LogP contribution in [0.2, 0.25) is 0 Å². The highest BCUT2D eigenvalue weighted by atomic mass is 16.2. The van der Waals surface area contributed by atoms with Crippen LogP contribution in [-0.4, -0.2) is 39.6 Å². The number of nitrogens with one attached hydrogen (secondary N) is 1. The fourth-order valence-electron chi connectivity index (χ4n) is 3.99. The van der Waals surface area contributed by atoms with Crippen molar-refractivity contribution >= 4 is 11.8 Å². The number of hydrogen-bond donors (Lipinski definition) is 1. The minimum absolute atomic E-state index is 0.139. The van der Waals surface area contributed by atoms with Crippen LogP contribution in [-0.2, 0) is 4.79 Å². The molecule has 1 aromatic heterocycles. The molecule has 0 aliphatic carbocycles. The predicted octanol–water partition coefficient (Wildman–Crippen LogP) is 3.11. The summed E-state index contributed by atoms with van der Waals surface area (Å²) in [7, 11) is 0. The van der Waals surface area contributed by atoms with Gasteiger partial charge in [-0.1, -0.05) is 35.9 Å². The molecule has 6 heteroatoms. The smallest absolute Gasteiger partial charge is 0.254 e. The molecule has 4 rings (SSSR count). The summed E-state index contributed by atoms with van der Waals surface area (Å²) in [5.74, 6) is -0.309. The molecule has 1 aliphatic heterocycles. The van der Waals surface area contributed by atoms with Gasteiger partial charge >= 0.3 is 0 Å². The Morgan fingerprint density at radius 2 is 1.83 bits per heavy atom. The van der Waals surface area contributed by atoms with Gasteiger partial charge < -0.3 is 10.2 Å². The fraction of sp³-hybridized carbons (Fsp3) is 0.261. The standard InChI is InChI=1S/C23H24N4O2/c1-15-8-7-9-18(14-15)23(29)26-13-12-24-22(28)21(26)20-16(2)25-27(17(20)3)19-10-5-4-6-11-19/h4-11,14,21H,12-13H2,1-3H3,(H,24,28). The number of aryl methyl sites for hydroxylation is 2. The number of hydrogen-bond acceptors (Lipinski definition) is 3. The molecule has 0 radical (unpaired) electrons. The molecule has 3 aromatic rings. The lowest BCUT2D eigenvalue weighted by Gasteiger charge is -2.35. The van der Waals surface area contributed by atoms with Gasteiger partial charge in [-0.2, -0.15) is 5.10 Å². The molecule has 0 saturated carbocycles. The summed E-state index contributed by atoms with van der Waals surface area (Å²) in [5, 5.41) is 7.58. The zero-order valence-corrected chi connectivity index (χ0v) is 16.8. The predicted molar refractivity (Wildman–Crippen MR) is 111 cm³/mol. The van der Waals surface area contributed by atoms with Gasteiger partial charge in [0.05, 0.1) is 11.4 Å². The van der Waals surface area contributed by atoms with Crippen LogP contribution in [0.5, 0.6) is 0 Å². The molecule has 0 bridgehead atoms. The molecule has 1 unspecified atom stereocenters. The average molecular weight is 388 g/mol. The number of para-hydroxylation sites is 1. The van der Waals surface area contributed by atoms with Crippen molar-refractivity contribution in [3.8, 4) is 5.69 Å². The second-order valence-electron chi connectivity index (χ2n) is 7.39. The minimum Gasteiger partial charge on any atom is -0.352 e. The zero-order chi connectivity index (χ0) is 20.5. The molecule has 2 heterocycles. The quantitative estimate of drug-likeness (QED) is 0.750. The summed E-state index contributed by atoms with van der Waals surface area (Å²) in [6.45, 7) is 6.68. The summed E-state index contributed by atoms with van der Waals surface area (Å²) >= 11 is 0. The van der Waals surface area contributed by atoms with Crippen LogP contribution < -0.4 is 5.32 Å². The van der Waals surface area contributed by atoms with E-state index in [1.807, 2.05) is 74.0 Å². The van der Waals surface area contributed by atoms with Gasteiger partial charge in [-0.05, 0) is 45.0 Å². The molecular weight excluding hydrogens is 364 g/mol. The SMILES string of the molecule is Cc1cccc(C(=O)N2CCNC(=O)C2c2c(C)nn(-c3ccccc3)c2C)c1. The molecule has 2 aromatic carbocycles. The van der Waals surface area contributed by atoms with E-state index in [9.17, 15) is 9.59 Å². The van der Waals surface area contributed by atoms with Gasteiger partial charge in [0, 0.05) is 29.9 Å². The van der Waals surface area contributed by atoms with E-state index in [1.54, 1.807) is 11.0 Å². The first-order chi connectivity index (χ1) is 14.0. The topological polar surface area (TPSA) is 67.2 Å². The van der Waals surface area contributed by atoms with E-state index in [4.69, 9.17) is 0 Å². The maximum absolute atomic E-state index is 13.3. The molecule has 148 valence electrons. The highest BCUT2D eigenvalue weighted by Gasteiger charge is 2.38. The number of aromatic nitrogens is 2. The molecule has 29 heavy (non-hydrogen) atoms. The first kappa shape index (κ1) is 18.9. The van der Waals surface area contributed by atoms with Crippen LogP contribution in [0.15, 0.2) is 54.6 Å². The van der Waals surface area contributed by atoms with Gasteiger partial charge in [0.2, 0.25) is 5.91 Å². The number of carbonyl (C=O) groups excluding carboxylic acids is 2. The van der Waals surface area contributed by atoms with Crippen molar-refractivity contribution in [1.29, 1.82) is 0 Å². The molecule has 1 fully saturated rings. The van der Waals surface area contributed by atoms with Crippen LogP contribution in [0.25, 0.3) is 5.69 Å². The molecular formula is C23H24N4O2. The van der Waals surface area contributed by atoms with Crippen molar-refractivity contribution < 1.29 is 9.59 Å². The summed E-state index contributed by atoms with van der Waals surface area (Å²) in [4.78, 5) is 27.9. The van der Waals surface area contributed by atoms with Crippen molar-refractivity contribution in [2.45, 2.75) is 26.8 Å². The number of piperazine rings is 1. The second-order valence-corrected chi connectivity index (χ2v) is 7.39. The molecule has 6 nitrogen and oxygen atoms in total. The summed E-state index contributed by atoms with van der Waals surface area (Å²) in [6.07, 6.45) is 0. The van der Waals surface area contributed by atoms with E-state index in [0.29, 0.717) is 18.7 Å². The van der Waals surface area contributed by atoms with Gasteiger partial charge in [0.1, 0.15) is 6.04 Å². The maximum atomic E-state index is 13.3. The third-order valence-corrected chi connectivity index (χ3v) is 5.36. The average Bonchev–Trinajstić information content (AvgIpc) is 3.02. The van der Waals surface area contributed by atoms with Crippen molar-refractivity contribution in [2.75, 3.05) is 13.1 Å². The lowest BCUT2D eigenvalue weighted by molar-refractivity contribution is -0.128.